The smallest absolute Gasteiger partial charge is 0.233 e. The van der Waals surface area contributed by atoms with Crippen LogP contribution in [-0.4, -0.2) is 37.8 Å². The zero-order chi connectivity index (χ0) is 21.3. The molecule has 0 radical (unpaired) electrons. The van der Waals surface area contributed by atoms with Crippen molar-refractivity contribution in [2.75, 3.05) is 18.5 Å². The van der Waals surface area contributed by atoms with E-state index in [1.54, 1.807) is 24.4 Å². The first-order valence-electron chi connectivity index (χ1n) is 10.2. The summed E-state index contributed by atoms with van der Waals surface area (Å²) in [6.07, 6.45) is 5.56. The van der Waals surface area contributed by atoms with Crippen molar-refractivity contribution in [3.05, 3.63) is 39.9 Å². The van der Waals surface area contributed by atoms with Gasteiger partial charge in [0.25, 0.3) is 0 Å². The van der Waals surface area contributed by atoms with Crippen molar-refractivity contribution in [3.8, 4) is 0 Å². The Morgan fingerprint density at radius 1 is 1.30 bits per heavy atom. The summed E-state index contributed by atoms with van der Waals surface area (Å²) in [6.45, 7) is 3.33. The monoisotopic (exact) mass is 468 g/mol. The van der Waals surface area contributed by atoms with Gasteiger partial charge in [-0.15, -0.1) is 11.3 Å². The lowest BCUT2D eigenvalue weighted by atomic mass is 9.84. The highest BCUT2D eigenvalue weighted by Gasteiger charge is 2.38. The molecule has 1 aromatic heterocycles. The Hall–Kier alpha value is -1.48. The van der Waals surface area contributed by atoms with Crippen LogP contribution in [0.4, 0.5) is 5.13 Å². The molecule has 1 saturated heterocycles. The number of thiazole rings is 1. The maximum absolute atomic E-state index is 13.2. The lowest BCUT2D eigenvalue weighted by molar-refractivity contribution is -0.118. The van der Waals surface area contributed by atoms with Crippen molar-refractivity contribution in [3.63, 3.8) is 0 Å². The summed E-state index contributed by atoms with van der Waals surface area (Å²) in [5.41, 5.74) is 0.729. The number of hydrogen-bond acceptors (Lipinski definition) is 6. The van der Waals surface area contributed by atoms with Crippen LogP contribution in [-0.2, 0) is 19.4 Å². The van der Waals surface area contributed by atoms with Crippen LogP contribution in [0, 0.1) is 12.8 Å². The molecule has 1 N–H and O–H groups in total. The quantitative estimate of drug-likeness (QED) is 0.642. The van der Waals surface area contributed by atoms with E-state index >= 15 is 0 Å². The van der Waals surface area contributed by atoms with E-state index in [2.05, 4.69) is 10.3 Å². The van der Waals surface area contributed by atoms with Crippen LogP contribution in [0.5, 0.6) is 0 Å². The number of carbonyl (C=O) groups is 1. The summed E-state index contributed by atoms with van der Waals surface area (Å²) < 4.78 is 30.7. The zero-order valence-corrected chi connectivity index (χ0v) is 19.2. The number of anilines is 1. The lowest BCUT2D eigenvalue weighted by Crippen LogP contribution is -2.26. The molecule has 1 aliphatic carbocycles. The molecule has 9 heteroatoms. The van der Waals surface area contributed by atoms with E-state index in [4.69, 9.17) is 16.3 Å². The SMILES string of the molecule is Cc1cnc(NC(=O)[C@H](CC2CCOCC2)c2ccc(S(=O)(=O)C3CC3)c(Cl)c2)s1. The molecular formula is C21H25ClN2O4S2. The fourth-order valence-electron chi connectivity index (χ4n) is 3.84. The van der Waals surface area contributed by atoms with Crippen LogP contribution in [0.15, 0.2) is 29.3 Å². The number of sulfone groups is 1. The van der Waals surface area contributed by atoms with Crippen molar-refractivity contribution >= 4 is 43.8 Å². The van der Waals surface area contributed by atoms with E-state index in [1.165, 1.54) is 11.3 Å². The standard InChI is InChI=1S/C21H25ClN2O4S2/c1-13-12-23-21(29-13)24-20(25)17(10-14-6-8-28-9-7-14)15-2-5-19(18(22)11-15)30(26,27)16-3-4-16/h2,5,11-12,14,16-17H,3-4,6-10H2,1H3,(H,23,24,25)/t17-/m1/s1. The molecule has 2 heterocycles. The number of nitrogens with one attached hydrogen (secondary N) is 1. The minimum Gasteiger partial charge on any atom is -0.381 e. The number of ether oxygens (including phenoxy) is 1. The van der Waals surface area contributed by atoms with Crippen LogP contribution in [0.25, 0.3) is 0 Å². The lowest BCUT2D eigenvalue weighted by Gasteiger charge is -2.26. The van der Waals surface area contributed by atoms with Crippen molar-refractivity contribution < 1.29 is 17.9 Å². The number of hydrogen-bond donors (Lipinski definition) is 1. The van der Waals surface area contributed by atoms with Crippen LogP contribution in [0.3, 0.4) is 0 Å². The van der Waals surface area contributed by atoms with Gasteiger partial charge >= 0.3 is 0 Å². The number of amides is 1. The Labute approximate surface area is 185 Å². The van der Waals surface area contributed by atoms with E-state index in [1.807, 2.05) is 6.92 Å². The number of aromatic nitrogens is 1. The first kappa shape index (κ1) is 21.7. The Balaban J connectivity index is 1.60. The maximum Gasteiger partial charge on any atom is 0.233 e. The number of aryl methyl sites for hydroxylation is 1. The predicted octanol–water partition coefficient (Wildman–Crippen LogP) is 4.58. The Morgan fingerprint density at radius 3 is 2.63 bits per heavy atom. The third kappa shape index (κ3) is 4.88. The molecule has 4 rings (SSSR count). The van der Waals surface area contributed by atoms with Gasteiger partial charge in [-0.25, -0.2) is 13.4 Å². The van der Waals surface area contributed by atoms with Gasteiger partial charge in [0, 0.05) is 24.3 Å². The van der Waals surface area contributed by atoms with Crippen molar-refractivity contribution in [2.45, 2.75) is 55.1 Å². The van der Waals surface area contributed by atoms with E-state index in [0.717, 1.165) is 23.3 Å². The second-order valence-electron chi connectivity index (χ2n) is 8.04. The molecule has 6 nitrogen and oxygen atoms in total. The van der Waals surface area contributed by atoms with E-state index in [-0.39, 0.29) is 21.1 Å². The molecule has 0 bridgehead atoms. The summed E-state index contributed by atoms with van der Waals surface area (Å²) in [5.74, 6) is -0.224. The van der Waals surface area contributed by atoms with Crippen LogP contribution in [0.1, 0.15) is 48.5 Å². The third-order valence-corrected chi connectivity index (χ3v) is 9.28. The molecule has 0 spiro atoms. The molecular weight excluding hydrogens is 444 g/mol. The number of benzene rings is 1. The molecule has 1 aliphatic heterocycles. The van der Waals surface area contributed by atoms with Gasteiger partial charge in [-0.3, -0.25) is 4.79 Å². The Bertz CT molecular complexity index is 1030. The minimum absolute atomic E-state index is 0.148. The second-order valence-corrected chi connectivity index (χ2v) is 11.9. The van der Waals surface area contributed by atoms with Gasteiger partial charge in [0.05, 0.1) is 21.1 Å². The number of halogens is 1. The summed E-state index contributed by atoms with van der Waals surface area (Å²) in [6, 6.07) is 4.94. The molecule has 1 saturated carbocycles. The van der Waals surface area contributed by atoms with Gasteiger partial charge in [-0.2, -0.15) is 0 Å². The minimum atomic E-state index is -3.39. The molecule has 162 valence electrons. The highest BCUT2D eigenvalue weighted by atomic mass is 35.5. The van der Waals surface area contributed by atoms with E-state index < -0.39 is 15.8 Å². The number of rotatable bonds is 7. The molecule has 2 fully saturated rings. The Morgan fingerprint density at radius 2 is 2.03 bits per heavy atom. The van der Waals surface area contributed by atoms with Gasteiger partial charge < -0.3 is 10.1 Å². The Kier molecular flexibility index (Phi) is 6.48. The van der Waals surface area contributed by atoms with Crippen LogP contribution >= 0.6 is 22.9 Å². The summed E-state index contributed by atoms with van der Waals surface area (Å²) in [5, 5.41) is 3.35. The molecule has 1 aromatic carbocycles. The molecule has 2 aliphatic rings. The topological polar surface area (TPSA) is 85.4 Å². The van der Waals surface area contributed by atoms with Crippen molar-refractivity contribution in [2.24, 2.45) is 5.92 Å². The van der Waals surface area contributed by atoms with E-state index in [0.29, 0.717) is 43.5 Å². The molecule has 1 atom stereocenters. The van der Waals surface area contributed by atoms with E-state index in [9.17, 15) is 13.2 Å². The fourth-order valence-corrected chi connectivity index (χ4v) is 6.72. The predicted molar refractivity (Wildman–Crippen MR) is 118 cm³/mol. The van der Waals surface area contributed by atoms with Gasteiger partial charge in [-0.05, 0) is 62.6 Å². The first-order chi connectivity index (χ1) is 14.3. The summed E-state index contributed by atoms with van der Waals surface area (Å²) >= 11 is 7.83. The average molecular weight is 469 g/mol. The fraction of sp³-hybridized carbons (Fsp3) is 0.524. The van der Waals surface area contributed by atoms with Gasteiger partial charge in [0.15, 0.2) is 15.0 Å². The number of carbonyl (C=O) groups excluding carboxylic acids is 1. The molecule has 1 amide bonds. The van der Waals surface area contributed by atoms with Gasteiger partial charge in [-0.1, -0.05) is 17.7 Å². The van der Waals surface area contributed by atoms with Gasteiger partial charge in [0.1, 0.15) is 0 Å². The normalized spacial score (nSPS) is 18.9. The molecule has 30 heavy (non-hydrogen) atoms. The van der Waals surface area contributed by atoms with Crippen LogP contribution in [0.2, 0.25) is 5.02 Å². The summed E-state index contributed by atoms with van der Waals surface area (Å²) in [4.78, 5) is 18.6. The molecule has 2 aromatic rings. The highest BCUT2D eigenvalue weighted by Crippen LogP contribution is 2.38. The van der Waals surface area contributed by atoms with Crippen molar-refractivity contribution in [1.29, 1.82) is 0 Å². The molecule has 0 unspecified atom stereocenters. The number of nitrogens with zero attached hydrogens (tertiary/aromatic N) is 1. The largest absolute Gasteiger partial charge is 0.381 e. The third-order valence-electron chi connectivity index (χ3n) is 5.71. The highest BCUT2D eigenvalue weighted by molar-refractivity contribution is 7.92. The average Bonchev–Trinajstić information content (AvgIpc) is 3.50. The first-order valence-corrected chi connectivity index (χ1v) is 12.9. The van der Waals surface area contributed by atoms with Crippen molar-refractivity contribution in [1.82, 2.24) is 4.98 Å². The second kappa shape index (κ2) is 8.94. The van der Waals surface area contributed by atoms with Crippen LogP contribution < -0.4 is 5.32 Å². The summed E-state index contributed by atoms with van der Waals surface area (Å²) in [7, 11) is -3.39. The maximum atomic E-state index is 13.2. The zero-order valence-electron chi connectivity index (χ0n) is 16.8. The van der Waals surface area contributed by atoms with Gasteiger partial charge in [0.2, 0.25) is 5.91 Å².